The number of non-ortho nitro benzene ring substituents is 1. The van der Waals surface area contributed by atoms with Crippen LogP contribution in [0.4, 0.5) is 11.4 Å². The Bertz CT molecular complexity index is 1310. The molecule has 1 aliphatic heterocycles. The Morgan fingerprint density at radius 3 is 2.23 bits per heavy atom. The lowest BCUT2D eigenvalue weighted by Crippen LogP contribution is -2.32. The van der Waals surface area contributed by atoms with Crippen LogP contribution in [0.25, 0.3) is 0 Å². The molecule has 1 amide bonds. The van der Waals surface area contributed by atoms with Crippen LogP contribution in [0.15, 0.2) is 71.1 Å². The van der Waals surface area contributed by atoms with Gasteiger partial charge in [0.15, 0.2) is 0 Å². The summed E-state index contributed by atoms with van der Waals surface area (Å²) in [6.45, 7) is 5.05. The van der Waals surface area contributed by atoms with Gasteiger partial charge in [-0.25, -0.2) is 9.59 Å². The Labute approximate surface area is 226 Å². The number of methoxy groups -OCH3 is 1. The highest BCUT2D eigenvalue weighted by Crippen LogP contribution is 2.40. The number of esters is 2. The normalized spacial score (nSPS) is 14.8. The average Bonchev–Trinajstić information content (AvgIpc) is 2.91. The smallest absolute Gasteiger partial charge is 0.336 e. The van der Waals surface area contributed by atoms with E-state index in [0.29, 0.717) is 28.4 Å². The molecule has 0 fully saturated rings. The summed E-state index contributed by atoms with van der Waals surface area (Å²) in [5, 5.41) is 17.2. The van der Waals surface area contributed by atoms with E-state index in [1.807, 2.05) is 0 Å². The van der Waals surface area contributed by atoms with Gasteiger partial charge in [-0.2, -0.15) is 0 Å². The van der Waals surface area contributed by atoms with Gasteiger partial charge >= 0.3 is 11.9 Å². The molecule has 1 heterocycles. The van der Waals surface area contributed by atoms with Crippen LogP contribution in [-0.2, 0) is 23.9 Å². The molecule has 0 aromatic heterocycles. The number of benzene rings is 2. The summed E-state index contributed by atoms with van der Waals surface area (Å²) in [7, 11) is 1.55. The van der Waals surface area contributed by atoms with Gasteiger partial charge in [0, 0.05) is 35.6 Å². The molecule has 0 saturated carbocycles. The summed E-state index contributed by atoms with van der Waals surface area (Å²) in [6.07, 6.45) is 0.367. The Morgan fingerprint density at radius 2 is 1.64 bits per heavy atom. The van der Waals surface area contributed by atoms with Crippen LogP contribution < -0.4 is 15.4 Å². The van der Waals surface area contributed by atoms with Crippen LogP contribution in [-0.4, -0.2) is 43.1 Å². The summed E-state index contributed by atoms with van der Waals surface area (Å²) >= 11 is 0. The van der Waals surface area contributed by atoms with Crippen LogP contribution in [0.5, 0.6) is 5.75 Å². The highest BCUT2D eigenvalue weighted by molar-refractivity contribution is 6.00. The van der Waals surface area contributed by atoms with Crippen molar-refractivity contribution in [3.8, 4) is 5.75 Å². The van der Waals surface area contributed by atoms with Gasteiger partial charge in [0.1, 0.15) is 5.75 Å². The maximum absolute atomic E-state index is 13.3. The lowest BCUT2D eigenvalue weighted by molar-refractivity contribution is -0.384. The molecule has 206 valence electrons. The SMILES string of the molecule is CCOC(=O)C1=C(C)NC(C)=C(C(=O)OCCCC(=O)Nc2ccc(OC)cc2)C1c1cccc([N+](=O)[O-])c1. The molecule has 1 unspecified atom stereocenters. The van der Waals surface area contributed by atoms with Gasteiger partial charge in [-0.1, -0.05) is 12.1 Å². The average molecular weight is 538 g/mol. The Balaban J connectivity index is 1.74. The predicted octanol–water partition coefficient (Wildman–Crippen LogP) is 4.36. The number of nitro groups is 1. The number of hydrogen-bond acceptors (Lipinski definition) is 9. The number of dihydropyridines is 1. The molecular formula is C28H31N3O8. The van der Waals surface area contributed by atoms with Crippen LogP contribution in [0.3, 0.4) is 0 Å². The van der Waals surface area contributed by atoms with Crippen molar-refractivity contribution in [2.24, 2.45) is 0 Å². The third-order valence-electron chi connectivity index (χ3n) is 6.05. The standard InChI is InChI=1S/C28H31N3O8/c1-5-38-27(33)24-17(2)29-18(3)25(26(24)19-8-6-9-21(16-19)31(35)36)28(34)39-15-7-10-23(32)30-20-11-13-22(37-4)14-12-20/h6,8-9,11-14,16,26,29H,5,7,10,15H2,1-4H3,(H,30,32). The first kappa shape index (κ1) is 28.9. The van der Waals surface area contributed by atoms with Gasteiger partial charge in [-0.05, 0) is 57.0 Å². The number of anilines is 1. The summed E-state index contributed by atoms with van der Waals surface area (Å²) in [4.78, 5) is 49.4. The lowest BCUT2D eigenvalue weighted by atomic mass is 9.80. The maximum Gasteiger partial charge on any atom is 0.336 e. The molecule has 0 saturated heterocycles. The molecule has 11 heteroatoms. The minimum atomic E-state index is -0.948. The van der Waals surface area contributed by atoms with Crippen molar-refractivity contribution in [1.29, 1.82) is 0 Å². The second-order valence-electron chi connectivity index (χ2n) is 8.72. The van der Waals surface area contributed by atoms with Crippen molar-refractivity contribution in [2.45, 2.75) is 39.5 Å². The van der Waals surface area contributed by atoms with Crippen molar-refractivity contribution in [3.05, 3.63) is 86.7 Å². The van der Waals surface area contributed by atoms with Crippen LogP contribution in [0.1, 0.15) is 45.1 Å². The molecule has 0 bridgehead atoms. The zero-order valence-electron chi connectivity index (χ0n) is 22.2. The number of rotatable bonds is 11. The number of allylic oxidation sites excluding steroid dienone is 2. The topological polar surface area (TPSA) is 146 Å². The summed E-state index contributed by atoms with van der Waals surface area (Å²) in [5.41, 5.74) is 2.01. The van der Waals surface area contributed by atoms with Gasteiger partial charge in [0.2, 0.25) is 5.91 Å². The fourth-order valence-electron chi connectivity index (χ4n) is 4.27. The van der Waals surface area contributed by atoms with E-state index in [9.17, 15) is 24.5 Å². The van der Waals surface area contributed by atoms with E-state index in [2.05, 4.69) is 10.6 Å². The van der Waals surface area contributed by atoms with Crippen molar-refractivity contribution in [1.82, 2.24) is 5.32 Å². The predicted molar refractivity (Wildman–Crippen MR) is 143 cm³/mol. The van der Waals surface area contributed by atoms with Crippen LogP contribution in [0.2, 0.25) is 0 Å². The van der Waals surface area contributed by atoms with E-state index in [1.165, 1.54) is 18.2 Å². The number of amides is 1. The zero-order valence-corrected chi connectivity index (χ0v) is 22.2. The molecule has 11 nitrogen and oxygen atoms in total. The fourth-order valence-corrected chi connectivity index (χ4v) is 4.27. The first-order valence-electron chi connectivity index (χ1n) is 12.4. The highest BCUT2D eigenvalue weighted by Gasteiger charge is 2.38. The number of nitro benzene ring substituents is 1. The van der Waals surface area contributed by atoms with E-state index < -0.39 is 22.8 Å². The number of nitrogens with one attached hydrogen (secondary N) is 2. The molecule has 2 aromatic rings. The van der Waals surface area contributed by atoms with Crippen molar-refractivity contribution in [3.63, 3.8) is 0 Å². The minimum Gasteiger partial charge on any atom is -0.497 e. The first-order valence-corrected chi connectivity index (χ1v) is 12.4. The molecule has 3 rings (SSSR count). The van der Waals surface area contributed by atoms with Gasteiger partial charge < -0.3 is 24.8 Å². The highest BCUT2D eigenvalue weighted by atomic mass is 16.6. The second kappa shape index (κ2) is 13.2. The Kier molecular flexibility index (Phi) is 9.80. The van der Waals surface area contributed by atoms with Crippen molar-refractivity contribution < 1.29 is 33.5 Å². The van der Waals surface area contributed by atoms with E-state index in [4.69, 9.17) is 14.2 Å². The van der Waals surface area contributed by atoms with Gasteiger partial charge in [-0.15, -0.1) is 0 Å². The molecule has 0 aliphatic carbocycles. The van der Waals surface area contributed by atoms with Crippen LogP contribution >= 0.6 is 0 Å². The maximum atomic E-state index is 13.3. The second-order valence-corrected chi connectivity index (χ2v) is 8.72. The van der Waals surface area contributed by atoms with E-state index in [0.717, 1.165) is 0 Å². The molecule has 2 N–H and O–H groups in total. The fraction of sp³-hybridized carbons (Fsp3) is 0.321. The van der Waals surface area contributed by atoms with E-state index >= 15 is 0 Å². The number of nitrogens with zero attached hydrogens (tertiary/aromatic N) is 1. The Morgan fingerprint density at radius 1 is 1.00 bits per heavy atom. The van der Waals surface area contributed by atoms with Crippen LogP contribution in [0, 0.1) is 10.1 Å². The molecule has 1 aliphatic rings. The van der Waals surface area contributed by atoms with Gasteiger partial charge in [-0.3, -0.25) is 14.9 Å². The third kappa shape index (κ3) is 7.22. The lowest BCUT2D eigenvalue weighted by Gasteiger charge is -2.30. The quantitative estimate of drug-likeness (QED) is 0.185. The Hall–Kier alpha value is -4.67. The van der Waals surface area contributed by atoms with E-state index in [1.54, 1.807) is 58.2 Å². The molecule has 2 aromatic carbocycles. The minimum absolute atomic E-state index is 0.0509. The van der Waals surface area contributed by atoms with Gasteiger partial charge in [0.25, 0.3) is 5.69 Å². The monoisotopic (exact) mass is 537 g/mol. The number of ether oxygens (including phenoxy) is 3. The number of hydrogen-bond donors (Lipinski definition) is 2. The summed E-state index contributed by atoms with van der Waals surface area (Å²) in [6, 6.07) is 12.6. The molecule has 0 spiro atoms. The largest absolute Gasteiger partial charge is 0.497 e. The molecule has 1 atom stereocenters. The number of carbonyl (C=O) groups excluding carboxylic acids is 3. The van der Waals surface area contributed by atoms with Crippen molar-refractivity contribution in [2.75, 3.05) is 25.6 Å². The molecule has 0 radical (unpaired) electrons. The van der Waals surface area contributed by atoms with E-state index in [-0.39, 0.29) is 48.8 Å². The molecular weight excluding hydrogens is 506 g/mol. The first-order chi connectivity index (χ1) is 18.7. The zero-order chi connectivity index (χ0) is 28.5. The molecule has 39 heavy (non-hydrogen) atoms. The summed E-state index contributed by atoms with van der Waals surface area (Å²) < 4.78 is 15.8. The third-order valence-corrected chi connectivity index (χ3v) is 6.05. The van der Waals surface area contributed by atoms with Crippen molar-refractivity contribution >= 4 is 29.2 Å². The summed E-state index contributed by atoms with van der Waals surface area (Å²) in [5.74, 6) is -1.88. The van der Waals surface area contributed by atoms with Gasteiger partial charge in [0.05, 0.1) is 42.3 Å². The number of carbonyl (C=O) groups is 3.